The van der Waals surface area contributed by atoms with Crippen molar-refractivity contribution in [2.45, 2.75) is 35.7 Å². The van der Waals surface area contributed by atoms with Gasteiger partial charge in [0.15, 0.2) is 11.0 Å². The van der Waals surface area contributed by atoms with Gasteiger partial charge in [-0.15, -0.1) is 16.8 Å². The topological polar surface area (TPSA) is 30.7 Å². The second-order valence-electron chi connectivity index (χ2n) is 6.46. The molecule has 132 valence electrons. The zero-order valence-electron chi connectivity index (χ0n) is 14.4. The molecule has 0 bridgehead atoms. The molecule has 0 amide bonds. The van der Waals surface area contributed by atoms with Crippen molar-refractivity contribution in [1.29, 1.82) is 0 Å². The van der Waals surface area contributed by atoms with E-state index >= 15 is 0 Å². The molecule has 0 radical (unpaired) electrons. The first-order chi connectivity index (χ1) is 12.8. The maximum atomic E-state index is 4.55. The van der Waals surface area contributed by atoms with Crippen molar-refractivity contribution < 1.29 is 0 Å². The number of aromatic nitrogens is 3. The third-order valence-corrected chi connectivity index (χ3v) is 6.25. The van der Waals surface area contributed by atoms with Crippen molar-refractivity contribution >= 4 is 27.7 Å². The fourth-order valence-electron chi connectivity index (χ4n) is 3.01. The molecule has 1 atom stereocenters. The third kappa shape index (κ3) is 3.79. The Morgan fingerprint density at radius 2 is 1.85 bits per heavy atom. The monoisotopic (exact) mass is 425 g/mol. The molecule has 1 saturated carbocycles. The van der Waals surface area contributed by atoms with E-state index in [1.165, 1.54) is 18.4 Å². The van der Waals surface area contributed by atoms with Gasteiger partial charge in [-0.2, -0.15) is 0 Å². The number of nitrogens with zero attached hydrogens (tertiary/aromatic N) is 3. The summed E-state index contributed by atoms with van der Waals surface area (Å²) in [5.41, 5.74) is 2.41. The van der Waals surface area contributed by atoms with Gasteiger partial charge < -0.3 is 0 Å². The first kappa shape index (κ1) is 17.6. The summed E-state index contributed by atoms with van der Waals surface area (Å²) in [5.74, 6) is 0.966. The van der Waals surface area contributed by atoms with Crippen LogP contribution >= 0.6 is 27.7 Å². The number of hydrogen-bond donors (Lipinski definition) is 0. The van der Waals surface area contributed by atoms with Gasteiger partial charge in [-0.1, -0.05) is 76.2 Å². The summed E-state index contributed by atoms with van der Waals surface area (Å²) in [5, 5.41) is 10.4. The molecule has 5 heteroatoms. The van der Waals surface area contributed by atoms with E-state index in [0.29, 0.717) is 11.3 Å². The summed E-state index contributed by atoms with van der Waals surface area (Å²) in [6.45, 7) is 3.94. The Labute approximate surface area is 166 Å². The van der Waals surface area contributed by atoms with Crippen LogP contribution in [0.5, 0.6) is 0 Å². The first-order valence-corrected chi connectivity index (χ1v) is 10.5. The number of allylic oxidation sites excluding steroid dienone is 1. The Bertz CT molecular complexity index is 885. The maximum Gasteiger partial charge on any atom is 0.192 e. The zero-order valence-corrected chi connectivity index (χ0v) is 16.8. The van der Waals surface area contributed by atoms with Crippen molar-refractivity contribution in [3.63, 3.8) is 0 Å². The molecule has 1 unspecified atom stereocenters. The fraction of sp³-hybridized carbons (Fsp3) is 0.238. The van der Waals surface area contributed by atoms with E-state index in [4.69, 9.17) is 0 Å². The van der Waals surface area contributed by atoms with E-state index in [1.54, 1.807) is 11.8 Å². The predicted octanol–water partition coefficient (Wildman–Crippen LogP) is 6.45. The molecular formula is C21H20BrN3S. The highest BCUT2D eigenvalue weighted by molar-refractivity contribution is 9.10. The molecule has 1 aliphatic carbocycles. The first-order valence-electron chi connectivity index (χ1n) is 8.79. The van der Waals surface area contributed by atoms with E-state index in [1.807, 2.05) is 6.08 Å². The van der Waals surface area contributed by atoms with Gasteiger partial charge >= 0.3 is 0 Å². The average molecular weight is 426 g/mol. The summed E-state index contributed by atoms with van der Waals surface area (Å²) in [7, 11) is 0. The normalized spacial score (nSPS) is 15.0. The highest BCUT2D eigenvalue weighted by atomic mass is 79.9. The SMILES string of the molecule is C=CCC(Sc1nnc(-c2ccc(Br)cc2)n1C1CC1)c1ccccc1. The lowest BCUT2D eigenvalue weighted by Crippen LogP contribution is -2.02. The molecule has 1 aromatic heterocycles. The van der Waals surface area contributed by atoms with Gasteiger partial charge in [0, 0.05) is 21.3 Å². The van der Waals surface area contributed by atoms with E-state index in [-0.39, 0.29) is 0 Å². The second-order valence-corrected chi connectivity index (χ2v) is 8.54. The van der Waals surface area contributed by atoms with E-state index < -0.39 is 0 Å². The van der Waals surface area contributed by atoms with Crippen molar-refractivity contribution in [3.8, 4) is 11.4 Å². The average Bonchev–Trinajstić information content (AvgIpc) is 3.43. The molecule has 1 fully saturated rings. The summed E-state index contributed by atoms with van der Waals surface area (Å²) in [6.07, 6.45) is 5.29. The molecule has 0 N–H and O–H groups in total. The Morgan fingerprint density at radius 1 is 1.12 bits per heavy atom. The zero-order chi connectivity index (χ0) is 17.9. The summed E-state index contributed by atoms with van der Waals surface area (Å²) < 4.78 is 3.40. The maximum absolute atomic E-state index is 4.55. The number of benzene rings is 2. The lowest BCUT2D eigenvalue weighted by Gasteiger charge is -2.16. The van der Waals surface area contributed by atoms with E-state index in [9.17, 15) is 0 Å². The van der Waals surface area contributed by atoms with Crippen molar-refractivity contribution in [2.24, 2.45) is 0 Å². The third-order valence-electron chi connectivity index (χ3n) is 4.48. The van der Waals surface area contributed by atoms with Gasteiger partial charge in [0.05, 0.1) is 0 Å². The summed E-state index contributed by atoms with van der Waals surface area (Å²) in [6, 6.07) is 19.4. The van der Waals surface area contributed by atoms with Crippen LogP contribution in [-0.2, 0) is 0 Å². The lowest BCUT2D eigenvalue weighted by molar-refractivity contribution is 0.667. The van der Waals surface area contributed by atoms with Crippen LogP contribution in [-0.4, -0.2) is 14.8 Å². The minimum Gasteiger partial charge on any atom is -0.299 e. The summed E-state index contributed by atoms with van der Waals surface area (Å²) in [4.78, 5) is 0. The van der Waals surface area contributed by atoms with Crippen LogP contribution in [0.25, 0.3) is 11.4 Å². The highest BCUT2D eigenvalue weighted by Crippen LogP contribution is 2.45. The number of rotatable bonds is 7. The Morgan fingerprint density at radius 3 is 2.50 bits per heavy atom. The van der Waals surface area contributed by atoms with Crippen LogP contribution in [0.15, 0.2) is 76.9 Å². The predicted molar refractivity (Wildman–Crippen MR) is 111 cm³/mol. The van der Waals surface area contributed by atoms with Gasteiger partial charge in [-0.3, -0.25) is 4.57 Å². The number of hydrogen-bond acceptors (Lipinski definition) is 3. The van der Waals surface area contributed by atoms with Gasteiger partial charge in [-0.25, -0.2) is 0 Å². The molecule has 26 heavy (non-hydrogen) atoms. The Hall–Kier alpha value is -1.85. The van der Waals surface area contributed by atoms with Crippen LogP contribution < -0.4 is 0 Å². The summed E-state index contributed by atoms with van der Waals surface area (Å²) >= 11 is 5.29. The minimum absolute atomic E-state index is 0.299. The molecule has 1 heterocycles. The van der Waals surface area contributed by atoms with Crippen LogP contribution in [0.3, 0.4) is 0 Å². The van der Waals surface area contributed by atoms with Crippen LogP contribution in [0.2, 0.25) is 0 Å². The molecule has 3 aromatic rings. The van der Waals surface area contributed by atoms with E-state index in [2.05, 4.69) is 91.9 Å². The Kier molecular flexibility index (Phi) is 5.27. The van der Waals surface area contributed by atoms with Gasteiger partial charge in [0.25, 0.3) is 0 Å². The molecule has 2 aromatic carbocycles. The fourth-order valence-corrected chi connectivity index (χ4v) is 4.50. The van der Waals surface area contributed by atoms with Crippen LogP contribution in [0, 0.1) is 0 Å². The second kappa shape index (κ2) is 7.80. The molecule has 0 aliphatic heterocycles. The standard InChI is InChI=1S/C21H20BrN3S/c1-2-6-19(15-7-4-3-5-8-15)26-21-24-23-20(25(21)18-13-14-18)16-9-11-17(22)12-10-16/h2-5,7-12,18-19H,1,6,13-14H2. The van der Waals surface area contributed by atoms with Gasteiger partial charge in [-0.05, 0) is 37.0 Å². The molecule has 1 aliphatic rings. The highest BCUT2D eigenvalue weighted by Gasteiger charge is 2.31. The van der Waals surface area contributed by atoms with Gasteiger partial charge in [0.2, 0.25) is 0 Å². The minimum atomic E-state index is 0.299. The largest absolute Gasteiger partial charge is 0.299 e. The van der Waals surface area contributed by atoms with Crippen molar-refractivity contribution in [1.82, 2.24) is 14.8 Å². The smallest absolute Gasteiger partial charge is 0.192 e. The lowest BCUT2D eigenvalue weighted by atomic mass is 10.1. The molecule has 0 saturated heterocycles. The van der Waals surface area contributed by atoms with Crippen molar-refractivity contribution in [2.75, 3.05) is 0 Å². The molecule has 4 rings (SSSR count). The van der Waals surface area contributed by atoms with Crippen LogP contribution in [0.1, 0.15) is 36.1 Å². The molecule has 3 nitrogen and oxygen atoms in total. The molecule has 0 spiro atoms. The number of thioether (sulfide) groups is 1. The molecular weight excluding hydrogens is 406 g/mol. The van der Waals surface area contributed by atoms with Crippen molar-refractivity contribution in [3.05, 3.63) is 77.3 Å². The van der Waals surface area contributed by atoms with Crippen LogP contribution in [0.4, 0.5) is 0 Å². The van der Waals surface area contributed by atoms with E-state index in [0.717, 1.165) is 27.4 Å². The quantitative estimate of drug-likeness (QED) is 0.321. The Balaban J connectivity index is 1.68. The van der Waals surface area contributed by atoms with Gasteiger partial charge in [0.1, 0.15) is 0 Å². The number of halogens is 1.